The maximum Gasteiger partial charge on any atom is 0.0798 e. The monoisotopic (exact) mass is 280 g/mol. The molecule has 1 aromatic rings. The van der Waals surface area contributed by atoms with E-state index in [0.717, 1.165) is 6.42 Å². The molecule has 0 bridgehead atoms. The first kappa shape index (κ1) is 7.94. The van der Waals surface area contributed by atoms with Gasteiger partial charge >= 0.3 is 0 Å². The molecule has 60 valence electrons. The number of fused-ring (bicyclic) bond motifs is 1. The van der Waals surface area contributed by atoms with E-state index in [0.29, 0.717) is 0 Å². The van der Waals surface area contributed by atoms with Gasteiger partial charge in [0.1, 0.15) is 0 Å². The minimum Gasteiger partial charge on any atom is -0.322 e. The normalized spacial score (nSPS) is 35.7. The quantitative estimate of drug-likeness (QED) is 0.582. The first-order chi connectivity index (χ1) is 5.11. The molecule has 2 rings (SSSR count). The largest absolute Gasteiger partial charge is 0.322 e. The summed E-state index contributed by atoms with van der Waals surface area (Å²) >= 11 is 4.11. The smallest absolute Gasteiger partial charge is 0.0798 e. The summed E-state index contributed by atoms with van der Waals surface area (Å²) in [6.45, 7) is 2.19. The fourth-order valence-corrected chi connectivity index (χ4v) is 3.22. The van der Waals surface area contributed by atoms with Crippen LogP contribution in [0.2, 0.25) is 0 Å². The summed E-state index contributed by atoms with van der Waals surface area (Å²) in [7, 11) is 0. The van der Waals surface area contributed by atoms with Crippen molar-refractivity contribution in [3.8, 4) is 0 Å². The van der Waals surface area contributed by atoms with Crippen molar-refractivity contribution in [2.75, 3.05) is 0 Å². The summed E-state index contributed by atoms with van der Waals surface area (Å²) in [6.07, 6.45) is 1.02. The summed E-state index contributed by atoms with van der Waals surface area (Å²) in [4.78, 5) is 5.56. The van der Waals surface area contributed by atoms with Crippen molar-refractivity contribution in [3.05, 3.63) is 16.1 Å². The molecular formula is C7H9IN2S. The molecule has 2 nitrogen and oxygen atoms in total. The fourth-order valence-electron chi connectivity index (χ4n) is 1.37. The van der Waals surface area contributed by atoms with Crippen LogP contribution in [0.5, 0.6) is 0 Å². The lowest BCUT2D eigenvalue weighted by Gasteiger charge is -2.20. The zero-order valence-electron chi connectivity index (χ0n) is 6.17. The Morgan fingerprint density at radius 3 is 3.27 bits per heavy atom. The minimum atomic E-state index is 0.186. The zero-order valence-corrected chi connectivity index (χ0v) is 9.15. The van der Waals surface area contributed by atoms with Crippen LogP contribution in [0.4, 0.5) is 0 Å². The van der Waals surface area contributed by atoms with Gasteiger partial charge in [-0.25, -0.2) is 4.98 Å². The average molecular weight is 280 g/mol. The van der Waals surface area contributed by atoms with Gasteiger partial charge in [0.25, 0.3) is 0 Å². The van der Waals surface area contributed by atoms with Crippen molar-refractivity contribution in [1.29, 1.82) is 0 Å². The van der Waals surface area contributed by atoms with Crippen molar-refractivity contribution < 1.29 is 0 Å². The maximum atomic E-state index is 6.03. The van der Waals surface area contributed by atoms with Crippen LogP contribution in [0.1, 0.15) is 23.5 Å². The van der Waals surface area contributed by atoms with Gasteiger partial charge in [-0.3, -0.25) is 0 Å². The van der Waals surface area contributed by atoms with Crippen molar-refractivity contribution in [2.24, 2.45) is 5.73 Å². The van der Waals surface area contributed by atoms with Gasteiger partial charge in [0.15, 0.2) is 0 Å². The third kappa shape index (κ3) is 1.11. The molecule has 0 aromatic carbocycles. The SMILES string of the molecule is CC1(I)Cc2ncsc2[C@H]1N. The van der Waals surface area contributed by atoms with Crippen molar-refractivity contribution in [3.63, 3.8) is 0 Å². The Bertz CT molecular complexity index is 282. The standard InChI is InChI=1S/C7H9IN2S/c1-7(8)2-4-5(6(7)9)11-3-10-4/h3,6H,2,9H2,1H3/t6-,7?/m1/s1. The van der Waals surface area contributed by atoms with Crippen LogP contribution in [-0.4, -0.2) is 8.41 Å². The number of hydrogen-bond acceptors (Lipinski definition) is 3. The summed E-state index contributed by atoms with van der Waals surface area (Å²) in [5.74, 6) is 0. The van der Waals surface area contributed by atoms with Crippen LogP contribution in [0.3, 0.4) is 0 Å². The number of aromatic nitrogens is 1. The lowest BCUT2D eigenvalue weighted by Crippen LogP contribution is -2.28. The van der Waals surface area contributed by atoms with E-state index in [1.54, 1.807) is 11.3 Å². The molecule has 1 aliphatic carbocycles. The van der Waals surface area contributed by atoms with Crippen LogP contribution in [0.15, 0.2) is 5.51 Å². The molecule has 11 heavy (non-hydrogen) atoms. The van der Waals surface area contributed by atoms with E-state index in [4.69, 9.17) is 5.73 Å². The van der Waals surface area contributed by atoms with E-state index in [1.165, 1.54) is 10.6 Å². The van der Waals surface area contributed by atoms with Gasteiger partial charge in [-0.1, -0.05) is 22.6 Å². The molecule has 0 saturated carbocycles. The van der Waals surface area contributed by atoms with Crippen molar-refractivity contribution in [2.45, 2.75) is 22.8 Å². The van der Waals surface area contributed by atoms with Gasteiger partial charge in [0.05, 0.1) is 17.2 Å². The van der Waals surface area contributed by atoms with Gasteiger partial charge in [-0.15, -0.1) is 11.3 Å². The average Bonchev–Trinajstić information content (AvgIpc) is 2.39. The Morgan fingerprint density at radius 1 is 1.91 bits per heavy atom. The molecule has 0 amide bonds. The molecule has 1 aromatic heterocycles. The molecule has 0 spiro atoms. The van der Waals surface area contributed by atoms with E-state index in [-0.39, 0.29) is 9.46 Å². The molecule has 1 aliphatic rings. The van der Waals surface area contributed by atoms with Crippen molar-refractivity contribution in [1.82, 2.24) is 4.98 Å². The molecule has 0 saturated heterocycles. The fraction of sp³-hybridized carbons (Fsp3) is 0.571. The van der Waals surface area contributed by atoms with E-state index in [9.17, 15) is 0 Å². The van der Waals surface area contributed by atoms with Crippen LogP contribution >= 0.6 is 33.9 Å². The Labute approximate surface area is 83.3 Å². The molecular weight excluding hydrogens is 271 g/mol. The van der Waals surface area contributed by atoms with Crippen molar-refractivity contribution >= 4 is 33.9 Å². The van der Waals surface area contributed by atoms with E-state index < -0.39 is 0 Å². The molecule has 0 fully saturated rings. The highest BCUT2D eigenvalue weighted by Gasteiger charge is 2.40. The first-order valence-electron chi connectivity index (χ1n) is 3.48. The Hall–Kier alpha value is 0.320. The summed E-state index contributed by atoms with van der Waals surface area (Å²) < 4.78 is 0.188. The minimum absolute atomic E-state index is 0.186. The molecule has 2 atom stereocenters. The van der Waals surface area contributed by atoms with Gasteiger partial charge < -0.3 is 5.73 Å². The number of halogens is 1. The van der Waals surface area contributed by atoms with Gasteiger partial charge in [0, 0.05) is 14.7 Å². The highest BCUT2D eigenvalue weighted by Crippen LogP contribution is 2.44. The predicted molar refractivity (Wildman–Crippen MR) is 55.2 cm³/mol. The predicted octanol–water partition coefficient (Wildman–Crippen LogP) is 1.89. The number of thiazole rings is 1. The summed E-state index contributed by atoms with van der Waals surface area (Å²) in [5, 5.41) is 0. The zero-order chi connectivity index (χ0) is 8.06. The highest BCUT2D eigenvalue weighted by atomic mass is 127. The van der Waals surface area contributed by atoms with E-state index >= 15 is 0 Å². The number of rotatable bonds is 0. The Kier molecular flexibility index (Phi) is 1.73. The number of hydrogen-bond donors (Lipinski definition) is 1. The Balaban J connectivity index is 2.45. The second-order valence-corrected chi connectivity index (χ2v) is 6.45. The lowest BCUT2D eigenvalue weighted by molar-refractivity contribution is 0.595. The molecule has 2 N–H and O–H groups in total. The van der Waals surface area contributed by atoms with Gasteiger partial charge in [-0.05, 0) is 6.92 Å². The summed E-state index contributed by atoms with van der Waals surface area (Å²) in [6, 6.07) is 0.186. The maximum absolute atomic E-state index is 6.03. The van der Waals surface area contributed by atoms with E-state index in [2.05, 4.69) is 34.5 Å². The van der Waals surface area contributed by atoms with Crippen LogP contribution in [-0.2, 0) is 6.42 Å². The second kappa shape index (κ2) is 2.40. The third-order valence-corrected chi connectivity index (χ3v) is 4.12. The van der Waals surface area contributed by atoms with E-state index in [1.807, 2.05) is 5.51 Å². The highest BCUT2D eigenvalue weighted by molar-refractivity contribution is 14.1. The number of nitrogens with zero attached hydrogens (tertiary/aromatic N) is 1. The Morgan fingerprint density at radius 2 is 2.64 bits per heavy atom. The van der Waals surface area contributed by atoms with Gasteiger partial charge in [-0.2, -0.15) is 0 Å². The topological polar surface area (TPSA) is 38.9 Å². The first-order valence-corrected chi connectivity index (χ1v) is 5.44. The molecule has 4 heteroatoms. The number of alkyl halides is 1. The van der Waals surface area contributed by atoms with Crippen LogP contribution in [0.25, 0.3) is 0 Å². The molecule has 0 aliphatic heterocycles. The third-order valence-electron chi connectivity index (χ3n) is 2.12. The second-order valence-electron chi connectivity index (χ2n) is 3.10. The summed E-state index contributed by atoms with van der Waals surface area (Å²) in [5.41, 5.74) is 9.12. The molecule has 1 unspecified atom stereocenters. The molecule has 1 heterocycles. The molecule has 0 radical (unpaired) electrons. The van der Waals surface area contributed by atoms with Crippen LogP contribution < -0.4 is 5.73 Å². The number of nitrogens with two attached hydrogens (primary N) is 1. The lowest BCUT2D eigenvalue weighted by atomic mass is 10.1. The van der Waals surface area contributed by atoms with Crippen LogP contribution in [0, 0.1) is 0 Å². The van der Waals surface area contributed by atoms with Gasteiger partial charge in [0.2, 0.25) is 0 Å².